The summed E-state index contributed by atoms with van der Waals surface area (Å²) in [5.74, 6) is -0.377. The van der Waals surface area contributed by atoms with Gasteiger partial charge in [-0.3, -0.25) is 9.36 Å². The molecular formula is C16H12Cl2N4O. The van der Waals surface area contributed by atoms with Crippen molar-refractivity contribution in [2.24, 2.45) is 0 Å². The Balaban J connectivity index is 2.05. The maximum Gasteiger partial charge on any atom is 0.217 e. The van der Waals surface area contributed by atoms with Crippen LogP contribution in [0.15, 0.2) is 43.1 Å². The van der Waals surface area contributed by atoms with Crippen molar-refractivity contribution in [2.45, 2.75) is 13.3 Å². The average molecular weight is 347 g/mol. The number of hydrogen-bond donors (Lipinski definition) is 0. The van der Waals surface area contributed by atoms with E-state index in [1.807, 2.05) is 24.3 Å². The zero-order chi connectivity index (χ0) is 16.4. The number of carbonyl (C=O) groups is 1. The summed E-state index contributed by atoms with van der Waals surface area (Å²) >= 11 is 12.0. The molecule has 7 heteroatoms. The fraction of sp³-hybridized carbons (Fsp3) is 0.125. The van der Waals surface area contributed by atoms with Crippen LogP contribution in [0.1, 0.15) is 28.5 Å². The first-order valence-corrected chi connectivity index (χ1v) is 7.69. The normalized spacial score (nSPS) is 10.7. The molecule has 0 aliphatic rings. The lowest BCUT2D eigenvalue weighted by molar-refractivity contribution is 0.103. The Morgan fingerprint density at radius 3 is 2.39 bits per heavy atom. The van der Waals surface area contributed by atoms with E-state index in [0.717, 1.165) is 12.1 Å². The highest BCUT2D eigenvalue weighted by Gasteiger charge is 2.22. The summed E-state index contributed by atoms with van der Waals surface area (Å²) in [6.45, 7) is 2.08. The minimum atomic E-state index is -0.377. The smallest absolute Gasteiger partial charge is 0.217 e. The van der Waals surface area contributed by atoms with Gasteiger partial charge >= 0.3 is 0 Å². The van der Waals surface area contributed by atoms with Crippen LogP contribution in [0.25, 0.3) is 5.69 Å². The molecule has 5 nitrogen and oxygen atoms in total. The van der Waals surface area contributed by atoms with Crippen molar-refractivity contribution in [2.75, 3.05) is 0 Å². The zero-order valence-corrected chi connectivity index (χ0v) is 13.7. The maximum absolute atomic E-state index is 12.8. The Morgan fingerprint density at radius 1 is 1.13 bits per heavy atom. The first-order valence-electron chi connectivity index (χ1n) is 6.94. The minimum Gasteiger partial charge on any atom is -0.296 e. The number of aryl methyl sites for hydroxylation is 1. The topological polar surface area (TPSA) is 60.7 Å². The highest BCUT2D eigenvalue weighted by molar-refractivity contribution is 6.39. The number of halogens is 2. The summed E-state index contributed by atoms with van der Waals surface area (Å²) in [5.41, 5.74) is 2.45. The number of rotatable bonds is 4. The molecule has 0 atom stereocenters. The Kier molecular flexibility index (Phi) is 4.41. The summed E-state index contributed by atoms with van der Waals surface area (Å²) in [7, 11) is 0. The van der Waals surface area contributed by atoms with Crippen LogP contribution in [0.3, 0.4) is 0 Å². The molecule has 0 unspecified atom stereocenters. The molecule has 0 saturated heterocycles. The van der Waals surface area contributed by atoms with Gasteiger partial charge in [0.15, 0.2) is 0 Å². The van der Waals surface area contributed by atoms with Gasteiger partial charge in [-0.1, -0.05) is 42.3 Å². The van der Waals surface area contributed by atoms with Crippen LogP contribution in [0.4, 0.5) is 0 Å². The van der Waals surface area contributed by atoms with Crippen LogP contribution in [0.5, 0.6) is 0 Å². The van der Waals surface area contributed by atoms with Crippen molar-refractivity contribution in [3.05, 3.63) is 70.2 Å². The van der Waals surface area contributed by atoms with Gasteiger partial charge in [0, 0.05) is 5.69 Å². The van der Waals surface area contributed by atoms with E-state index in [0.29, 0.717) is 5.69 Å². The highest BCUT2D eigenvalue weighted by atomic mass is 35.5. The first-order chi connectivity index (χ1) is 11.1. The van der Waals surface area contributed by atoms with Crippen LogP contribution in [0.2, 0.25) is 10.3 Å². The average Bonchev–Trinajstić information content (AvgIpc) is 3.04. The summed E-state index contributed by atoms with van der Waals surface area (Å²) < 4.78 is 1.68. The predicted molar refractivity (Wildman–Crippen MR) is 88.4 cm³/mol. The first kappa shape index (κ1) is 15.6. The number of ketones is 1. The lowest BCUT2D eigenvalue weighted by Gasteiger charge is -2.09. The van der Waals surface area contributed by atoms with E-state index in [-0.39, 0.29) is 21.7 Å². The molecule has 3 aromatic rings. The van der Waals surface area contributed by atoms with Gasteiger partial charge in [0.2, 0.25) is 5.78 Å². The molecule has 0 saturated carbocycles. The monoisotopic (exact) mass is 346 g/mol. The van der Waals surface area contributed by atoms with Gasteiger partial charge in [0.25, 0.3) is 0 Å². The van der Waals surface area contributed by atoms with Gasteiger partial charge < -0.3 is 0 Å². The third kappa shape index (κ3) is 2.98. The number of benzene rings is 1. The molecule has 3 rings (SSSR count). The fourth-order valence-electron chi connectivity index (χ4n) is 2.22. The SMILES string of the molecule is CCc1ccc(-n2cncc2C(=O)c2c(Cl)ncnc2Cl)cc1. The highest BCUT2D eigenvalue weighted by Crippen LogP contribution is 2.24. The fourth-order valence-corrected chi connectivity index (χ4v) is 2.71. The third-order valence-corrected chi connectivity index (χ3v) is 4.05. The summed E-state index contributed by atoms with van der Waals surface area (Å²) in [6, 6.07) is 7.88. The van der Waals surface area contributed by atoms with Gasteiger partial charge in [-0.2, -0.15) is 0 Å². The Labute approximate surface area is 142 Å². The predicted octanol–water partition coefficient (Wildman–Crippen LogP) is 3.76. The molecule has 1 aromatic carbocycles. The Hall–Kier alpha value is -2.24. The molecule has 0 bridgehead atoms. The lowest BCUT2D eigenvalue weighted by atomic mass is 10.1. The van der Waals surface area contributed by atoms with E-state index >= 15 is 0 Å². The summed E-state index contributed by atoms with van der Waals surface area (Å²) in [5, 5.41) is 0.0353. The lowest BCUT2D eigenvalue weighted by Crippen LogP contribution is -2.11. The van der Waals surface area contributed by atoms with E-state index in [1.54, 1.807) is 10.9 Å². The van der Waals surface area contributed by atoms with Crippen molar-refractivity contribution < 1.29 is 4.79 Å². The summed E-state index contributed by atoms with van der Waals surface area (Å²) in [4.78, 5) is 24.4. The number of imidazole rings is 1. The molecule has 2 aromatic heterocycles. The van der Waals surface area contributed by atoms with Gasteiger partial charge in [0.05, 0.1) is 18.1 Å². The van der Waals surface area contributed by atoms with Crippen LogP contribution in [0, 0.1) is 0 Å². The molecule has 0 N–H and O–H groups in total. The van der Waals surface area contributed by atoms with Crippen LogP contribution in [-0.4, -0.2) is 25.3 Å². The van der Waals surface area contributed by atoms with Crippen molar-refractivity contribution in [3.63, 3.8) is 0 Å². The van der Waals surface area contributed by atoms with Gasteiger partial charge in [-0.15, -0.1) is 0 Å². The number of aromatic nitrogens is 4. The van der Waals surface area contributed by atoms with Crippen LogP contribution in [-0.2, 0) is 6.42 Å². The number of nitrogens with zero attached hydrogens (tertiary/aromatic N) is 4. The molecular weight excluding hydrogens is 335 g/mol. The molecule has 2 heterocycles. The van der Waals surface area contributed by atoms with E-state index in [4.69, 9.17) is 23.2 Å². The Morgan fingerprint density at radius 2 is 1.78 bits per heavy atom. The molecule has 0 aliphatic carbocycles. The van der Waals surface area contributed by atoms with E-state index in [9.17, 15) is 4.79 Å². The van der Waals surface area contributed by atoms with E-state index in [2.05, 4.69) is 21.9 Å². The number of carbonyl (C=O) groups excluding carboxylic acids is 1. The molecule has 0 fully saturated rings. The largest absolute Gasteiger partial charge is 0.296 e. The molecule has 0 aliphatic heterocycles. The van der Waals surface area contributed by atoms with Crippen molar-refractivity contribution >= 4 is 29.0 Å². The minimum absolute atomic E-state index is 0.0177. The van der Waals surface area contributed by atoms with E-state index in [1.165, 1.54) is 18.1 Å². The zero-order valence-electron chi connectivity index (χ0n) is 12.2. The standard InChI is InChI=1S/C16H12Cl2N4O/c1-2-10-3-5-11(6-4-10)22-9-19-7-12(22)14(23)13-15(17)20-8-21-16(13)18/h3-9H,2H2,1H3. The number of hydrogen-bond acceptors (Lipinski definition) is 4. The molecule has 0 radical (unpaired) electrons. The second-order valence-electron chi connectivity index (χ2n) is 4.83. The summed E-state index contributed by atoms with van der Waals surface area (Å²) in [6.07, 6.45) is 5.19. The third-order valence-electron chi connectivity index (χ3n) is 3.48. The molecule has 0 spiro atoms. The second-order valence-corrected chi connectivity index (χ2v) is 5.54. The van der Waals surface area contributed by atoms with Gasteiger partial charge in [-0.05, 0) is 24.1 Å². The Bertz CT molecular complexity index is 839. The van der Waals surface area contributed by atoms with Crippen molar-refractivity contribution in [1.82, 2.24) is 19.5 Å². The quantitative estimate of drug-likeness (QED) is 0.533. The van der Waals surface area contributed by atoms with Gasteiger partial charge in [-0.25, -0.2) is 15.0 Å². The molecule has 0 amide bonds. The van der Waals surface area contributed by atoms with Gasteiger partial charge in [0.1, 0.15) is 22.3 Å². The van der Waals surface area contributed by atoms with Crippen molar-refractivity contribution in [3.8, 4) is 5.69 Å². The molecule has 116 valence electrons. The van der Waals surface area contributed by atoms with Crippen LogP contribution < -0.4 is 0 Å². The van der Waals surface area contributed by atoms with E-state index < -0.39 is 0 Å². The molecule has 23 heavy (non-hydrogen) atoms. The second kappa shape index (κ2) is 6.48. The van der Waals surface area contributed by atoms with Crippen molar-refractivity contribution in [1.29, 1.82) is 0 Å². The van der Waals surface area contributed by atoms with Crippen LogP contribution >= 0.6 is 23.2 Å². The maximum atomic E-state index is 12.8.